The molecule has 0 aromatic carbocycles. The zero-order chi connectivity index (χ0) is 17.1. The van der Waals surface area contributed by atoms with Gasteiger partial charge in [-0.2, -0.15) is 0 Å². The molecule has 0 unspecified atom stereocenters. The molecule has 0 saturated heterocycles. The van der Waals surface area contributed by atoms with E-state index >= 15 is 0 Å². The van der Waals surface area contributed by atoms with Gasteiger partial charge in [0.05, 0.1) is 5.39 Å². The van der Waals surface area contributed by atoms with E-state index in [1.165, 1.54) is 4.88 Å². The first-order valence-electron chi connectivity index (χ1n) is 8.14. The van der Waals surface area contributed by atoms with Crippen LogP contribution in [0, 0.1) is 13.8 Å². The van der Waals surface area contributed by atoms with Gasteiger partial charge in [0.1, 0.15) is 4.83 Å². The van der Waals surface area contributed by atoms with Crippen molar-refractivity contribution in [2.45, 2.75) is 51.1 Å². The van der Waals surface area contributed by atoms with Crippen molar-refractivity contribution in [3.05, 3.63) is 50.9 Å². The molecular formula is C18H21N3OS2. The highest BCUT2D eigenvalue weighted by atomic mass is 32.2. The highest BCUT2D eigenvalue weighted by molar-refractivity contribution is 7.98. The van der Waals surface area contributed by atoms with Crippen LogP contribution in [-0.2, 0) is 12.3 Å². The second kappa shape index (κ2) is 7.49. The Morgan fingerprint density at radius 1 is 1.33 bits per heavy atom. The van der Waals surface area contributed by atoms with Crippen molar-refractivity contribution in [2.75, 3.05) is 0 Å². The van der Waals surface area contributed by atoms with E-state index in [-0.39, 0.29) is 5.56 Å². The summed E-state index contributed by atoms with van der Waals surface area (Å²) >= 11 is 3.22. The molecule has 3 rings (SSSR count). The topological polar surface area (TPSA) is 47.8 Å². The highest BCUT2D eigenvalue weighted by Crippen LogP contribution is 2.29. The Hall–Kier alpha value is -1.66. The monoisotopic (exact) mass is 359 g/mol. The van der Waals surface area contributed by atoms with E-state index in [1.807, 2.05) is 29.8 Å². The van der Waals surface area contributed by atoms with Crippen LogP contribution in [0.15, 0.2) is 34.5 Å². The van der Waals surface area contributed by atoms with E-state index in [0.29, 0.717) is 0 Å². The molecule has 126 valence electrons. The molecule has 0 aliphatic rings. The molecule has 0 atom stereocenters. The average molecular weight is 360 g/mol. The van der Waals surface area contributed by atoms with Gasteiger partial charge in [0.15, 0.2) is 5.16 Å². The maximum absolute atomic E-state index is 13.0. The van der Waals surface area contributed by atoms with Crippen molar-refractivity contribution in [1.29, 1.82) is 0 Å². The number of nitrogens with zero attached hydrogens (tertiary/aromatic N) is 3. The van der Waals surface area contributed by atoms with E-state index in [2.05, 4.69) is 18.8 Å². The van der Waals surface area contributed by atoms with Crippen LogP contribution < -0.4 is 5.56 Å². The molecule has 0 radical (unpaired) electrons. The van der Waals surface area contributed by atoms with Gasteiger partial charge < -0.3 is 0 Å². The Kier molecular flexibility index (Phi) is 5.36. The van der Waals surface area contributed by atoms with Crippen LogP contribution >= 0.6 is 23.1 Å². The molecule has 0 aliphatic carbocycles. The van der Waals surface area contributed by atoms with Gasteiger partial charge in [-0.1, -0.05) is 31.2 Å². The largest absolute Gasteiger partial charge is 0.287 e. The van der Waals surface area contributed by atoms with E-state index in [9.17, 15) is 4.79 Å². The second-order valence-electron chi connectivity index (χ2n) is 5.82. The third-order valence-electron chi connectivity index (χ3n) is 4.08. The fourth-order valence-electron chi connectivity index (χ4n) is 2.56. The number of hydrogen-bond acceptors (Lipinski definition) is 5. The maximum atomic E-state index is 13.0. The first kappa shape index (κ1) is 17.2. The van der Waals surface area contributed by atoms with E-state index in [1.54, 1.807) is 29.3 Å². The standard InChI is InChI=1S/C18H21N3OS2/c1-4-5-9-21-17(22)15-12(2)13(3)24-16(15)20-18(21)23-11-14-7-6-8-19-10-14/h6-8,10H,4-5,9,11H2,1-3H3. The predicted octanol–water partition coefficient (Wildman–Crippen LogP) is 4.56. The van der Waals surface area contributed by atoms with Gasteiger partial charge in [0.25, 0.3) is 5.56 Å². The van der Waals surface area contributed by atoms with Crippen LogP contribution in [0.1, 0.15) is 35.8 Å². The van der Waals surface area contributed by atoms with Gasteiger partial charge in [-0.05, 0) is 37.5 Å². The minimum absolute atomic E-state index is 0.101. The Morgan fingerprint density at radius 3 is 2.88 bits per heavy atom. The van der Waals surface area contributed by atoms with Crippen LogP contribution in [0.3, 0.4) is 0 Å². The van der Waals surface area contributed by atoms with Crippen LogP contribution in [0.25, 0.3) is 10.2 Å². The fourth-order valence-corrected chi connectivity index (χ4v) is 4.59. The summed E-state index contributed by atoms with van der Waals surface area (Å²) in [5.74, 6) is 0.765. The quantitative estimate of drug-likeness (QED) is 0.478. The average Bonchev–Trinajstić information content (AvgIpc) is 2.88. The summed E-state index contributed by atoms with van der Waals surface area (Å²) in [6.07, 6.45) is 5.67. The van der Waals surface area contributed by atoms with E-state index in [0.717, 1.165) is 51.6 Å². The number of aryl methyl sites for hydroxylation is 2. The molecule has 0 bridgehead atoms. The lowest BCUT2D eigenvalue weighted by molar-refractivity contribution is 0.558. The number of fused-ring (bicyclic) bond motifs is 1. The molecule has 6 heteroatoms. The van der Waals surface area contributed by atoms with Crippen LogP contribution in [-0.4, -0.2) is 14.5 Å². The van der Waals surface area contributed by atoms with Gasteiger partial charge in [0.2, 0.25) is 0 Å². The summed E-state index contributed by atoms with van der Waals surface area (Å²) in [6.45, 7) is 6.94. The number of pyridine rings is 1. The fraction of sp³-hybridized carbons (Fsp3) is 0.389. The molecule has 0 amide bonds. The zero-order valence-corrected chi connectivity index (χ0v) is 15.8. The van der Waals surface area contributed by atoms with Crippen LogP contribution in [0.5, 0.6) is 0 Å². The number of rotatable bonds is 6. The van der Waals surface area contributed by atoms with Crippen molar-refractivity contribution in [1.82, 2.24) is 14.5 Å². The number of thiophene rings is 1. The van der Waals surface area contributed by atoms with Gasteiger partial charge in [-0.3, -0.25) is 14.3 Å². The summed E-state index contributed by atoms with van der Waals surface area (Å²) in [4.78, 5) is 24.0. The summed E-state index contributed by atoms with van der Waals surface area (Å²) < 4.78 is 1.85. The van der Waals surface area contributed by atoms with Gasteiger partial charge in [0, 0.05) is 29.6 Å². The third-order valence-corrected chi connectivity index (χ3v) is 6.23. The van der Waals surface area contributed by atoms with Crippen molar-refractivity contribution in [3.63, 3.8) is 0 Å². The normalized spacial score (nSPS) is 11.3. The number of unbranched alkanes of at least 4 members (excludes halogenated alkanes) is 1. The van der Waals surface area contributed by atoms with E-state index in [4.69, 9.17) is 4.98 Å². The minimum Gasteiger partial charge on any atom is -0.287 e. The summed E-state index contributed by atoms with van der Waals surface area (Å²) in [7, 11) is 0. The van der Waals surface area contributed by atoms with Crippen molar-refractivity contribution in [2.24, 2.45) is 0 Å². The Morgan fingerprint density at radius 2 is 2.17 bits per heavy atom. The molecule has 0 aliphatic heterocycles. The minimum atomic E-state index is 0.101. The Labute approximate surface area is 150 Å². The lowest BCUT2D eigenvalue weighted by Crippen LogP contribution is -2.23. The van der Waals surface area contributed by atoms with Crippen molar-refractivity contribution >= 4 is 33.3 Å². The SMILES string of the molecule is CCCCn1c(SCc2cccnc2)nc2sc(C)c(C)c2c1=O. The molecule has 0 fully saturated rings. The van der Waals surface area contributed by atoms with Crippen LogP contribution in [0.2, 0.25) is 0 Å². The number of thioether (sulfide) groups is 1. The number of hydrogen-bond donors (Lipinski definition) is 0. The van der Waals surface area contributed by atoms with Gasteiger partial charge in [-0.25, -0.2) is 4.98 Å². The highest BCUT2D eigenvalue weighted by Gasteiger charge is 2.16. The summed E-state index contributed by atoms with van der Waals surface area (Å²) in [5, 5.41) is 1.60. The van der Waals surface area contributed by atoms with Gasteiger partial charge >= 0.3 is 0 Å². The van der Waals surface area contributed by atoms with Crippen LogP contribution in [0.4, 0.5) is 0 Å². The second-order valence-corrected chi connectivity index (χ2v) is 7.96. The summed E-state index contributed by atoms with van der Waals surface area (Å²) in [6, 6.07) is 3.98. The molecule has 3 heterocycles. The van der Waals surface area contributed by atoms with E-state index < -0.39 is 0 Å². The molecule has 0 saturated carbocycles. The van der Waals surface area contributed by atoms with Crippen molar-refractivity contribution < 1.29 is 0 Å². The molecule has 24 heavy (non-hydrogen) atoms. The predicted molar refractivity (Wildman–Crippen MR) is 102 cm³/mol. The third kappa shape index (κ3) is 3.39. The number of aromatic nitrogens is 3. The smallest absolute Gasteiger partial charge is 0.263 e. The first-order chi connectivity index (χ1) is 11.6. The maximum Gasteiger partial charge on any atom is 0.263 e. The van der Waals surface area contributed by atoms with Gasteiger partial charge in [-0.15, -0.1) is 11.3 Å². The van der Waals surface area contributed by atoms with Crippen molar-refractivity contribution in [3.8, 4) is 0 Å². The Bertz CT molecular complexity index is 900. The summed E-state index contributed by atoms with van der Waals surface area (Å²) in [5.41, 5.74) is 2.31. The molecule has 3 aromatic heterocycles. The first-order valence-corrected chi connectivity index (χ1v) is 9.94. The molecule has 0 N–H and O–H groups in total. The lowest BCUT2D eigenvalue weighted by Gasteiger charge is -2.11. The zero-order valence-electron chi connectivity index (χ0n) is 14.2. The molecule has 4 nitrogen and oxygen atoms in total. The molecule has 3 aromatic rings. The molecular weight excluding hydrogens is 338 g/mol. The lowest BCUT2D eigenvalue weighted by atomic mass is 10.2. The Balaban J connectivity index is 2.02. The molecule has 0 spiro atoms.